The predicted molar refractivity (Wildman–Crippen MR) is 114 cm³/mol. The van der Waals surface area contributed by atoms with Crippen molar-refractivity contribution in [1.82, 2.24) is 0 Å². The number of hydrogen-bond acceptors (Lipinski definition) is 0. The summed E-state index contributed by atoms with van der Waals surface area (Å²) in [7, 11) is 0. The van der Waals surface area contributed by atoms with Crippen molar-refractivity contribution in [3.8, 4) is 0 Å². The van der Waals surface area contributed by atoms with Gasteiger partial charge in [0.05, 0.1) is 0 Å². The highest BCUT2D eigenvalue weighted by Crippen LogP contribution is 2.74. The smallest absolute Gasteiger partial charge is 0.0119 e. The fraction of sp³-hybridized carbons (Fsp3) is 0.357. The first-order chi connectivity index (χ1) is 13.9. The summed E-state index contributed by atoms with van der Waals surface area (Å²) in [6, 6.07) is 23.2. The van der Waals surface area contributed by atoms with Crippen LogP contribution in [-0.2, 0) is 0 Å². The highest BCUT2D eigenvalue weighted by Gasteiger charge is 2.66. The maximum atomic E-state index is 2.66. The Kier molecular flexibility index (Phi) is 2.50. The second kappa shape index (κ2) is 4.79. The van der Waals surface area contributed by atoms with E-state index in [4.69, 9.17) is 0 Å². The van der Waals surface area contributed by atoms with Gasteiger partial charge in [-0.15, -0.1) is 0 Å². The monoisotopic (exact) mass is 360 g/mol. The summed E-state index contributed by atoms with van der Waals surface area (Å²) in [6.45, 7) is 0. The van der Waals surface area contributed by atoms with Crippen LogP contribution < -0.4 is 10.4 Å². The molecule has 0 aromatic heterocycles. The Morgan fingerprint density at radius 3 is 1.61 bits per heavy atom. The van der Waals surface area contributed by atoms with Crippen molar-refractivity contribution in [2.75, 3.05) is 0 Å². The summed E-state index contributed by atoms with van der Waals surface area (Å²) in [5.74, 6) is 6.97. The average molecular weight is 361 g/mol. The summed E-state index contributed by atoms with van der Waals surface area (Å²) in [5.41, 5.74) is 3.43. The van der Waals surface area contributed by atoms with E-state index in [-0.39, 0.29) is 0 Å². The molecule has 3 saturated carbocycles. The Morgan fingerprint density at radius 1 is 0.571 bits per heavy atom. The fourth-order valence-electron chi connectivity index (χ4n) is 8.60. The van der Waals surface area contributed by atoms with E-state index >= 15 is 0 Å². The lowest BCUT2D eigenvalue weighted by molar-refractivity contribution is 0.159. The molecule has 8 rings (SSSR count). The number of rotatable bonds is 0. The minimum Gasteiger partial charge on any atom is -0.0727 e. The normalized spacial score (nSPS) is 40.4. The summed E-state index contributed by atoms with van der Waals surface area (Å²) in [6.07, 6.45) is 8.23. The topological polar surface area (TPSA) is 0 Å². The van der Waals surface area contributed by atoms with Crippen LogP contribution in [0.15, 0.2) is 60.7 Å². The molecule has 5 aliphatic rings. The molecule has 0 aliphatic heterocycles. The Bertz CT molecular complexity index is 1180. The number of fused-ring (bicyclic) bond motifs is 17. The lowest BCUT2D eigenvalue weighted by atomic mass is 9.61. The van der Waals surface area contributed by atoms with E-state index in [1.807, 2.05) is 0 Å². The van der Waals surface area contributed by atoms with Crippen LogP contribution in [0.4, 0.5) is 0 Å². The standard InChI is InChI=1S/C28H24/c1-2-6-16-10-20-19(9-15(16)5-1)23-13-24(20)28-26-14-25(27(23)28)21-11-17-7-3-4-8-18(17)12-22(21)26/h1-12,19-20,23-28H,13-14H2. The zero-order valence-corrected chi connectivity index (χ0v) is 16.0. The minimum atomic E-state index is 0.796. The van der Waals surface area contributed by atoms with Crippen molar-refractivity contribution < 1.29 is 0 Å². The first-order valence-corrected chi connectivity index (χ1v) is 11.2. The van der Waals surface area contributed by atoms with Gasteiger partial charge in [0.15, 0.2) is 0 Å². The Labute approximate surface area is 165 Å². The van der Waals surface area contributed by atoms with E-state index in [2.05, 4.69) is 72.8 Å². The van der Waals surface area contributed by atoms with E-state index in [0.717, 1.165) is 47.3 Å². The average Bonchev–Trinajstić information content (AvgIpc) is 3.48. The van der Waals surface area contributed by atoms with E-state index in [9.17, 15) is 0 Å². The van der Waals surface area contributed by atoms with E-state index in [1.165, 1.54) is 34.1 Å². The maximum absolute atomic E-state index is 2.66. The van der Waals surface area contributed by atoms with E-state index in [0.29, 0.717) is 0 Å². The van der Waals surface area contributed by atoms with Gasteiger partial charge < -0.3 is 0 Å². The second-order valence-corrected chi connectivity index (χ2v) is 10.1. The number of hydrogen-bond donors (Lipinski definition) is 0. The molecule has 0 heterocycles. The Morgan fingerprint density at radius 2 is 1.07 bits per heavy atom. The first-order valence-electron chi connectivity index (χ1n) is 11.2. The molecule has 3 aromatic carbocycles. The van der Waals surface area contributed by atoms with Crippen LogP contribution in [0.1, 0.15) is 35.8 Å². The van der Waals surface area contributed by atoms with Crippen LogP contribution in [-0.4, -0.2) is 0 Å². The minimum absolute atomic E-state index is 0.796. The summed E-state index contributed by atoms with van der Waals surface area (Å²) in [5, 5.41) is 5.86. The van der Waals surface area contributed by atoms with Gasteiger partial charge in [0.1, 0.15) is 0 Å². The van der Waals surface area contributed by atoms with E-state index in [1.54, 1.807) is 11.1 Å². The zero-order valence-electron chi connectivity index (χ0n) is 16.0. The molecule has 0 saturated heterocycles. The molecule has 3 aromatic rings. The molecule has 0 spiro atoms. The van der Waals surface area contributed by atoms with E-state index < -0.39 is 0 Å². The van der Waals surface area contributed by atoms with Crippen molar-refractivity contribution >= 4 is 22.9 Å². The lowest BCUT2D eigenvalue weighted by Gasteiger charge is -2.43. The van der Waals surface area contributed by atoms with Gasteiger partial charge in [-0.3, -0.25) is 0 Å². The van der Waals surface area contributed by atoms with Gasteiger partial charge in [0, 0.05) is 0 Å². The van der Waals surface area contributed by atoms with Gasteiger partial charge in [-0.1, -0.05) is 72.8 Å². The molecule has 0 N–H and O–H groups in total. The van der Waals surface area contributed by atoms with Crippen LogP contribution in [0.3, 0.4) is 0 Å². The first kappa shape index (κ1) is 14.6. The van der Waals surface area contributed by atoms with Gasteiger partial charge in [-0.2, -0.15) is 0 Å². The molecular weight excluding hydrogens is 336 g/mol. The molecule has 0 amide bonds. The van der Waals surface area contributed by atoms with Crippen LogP contribution in [0, 0.1) is 35.5 Å². The largest absolute Gasteiger partial charge is 0.0727 e. The van der Waals surface area contributed by atoms with Gasteiger partial charge in [0.25, 0.3) is 0 Å². The molecule has 8 unspecified atom stereocenters. The Hall–Kier alpha value is -2.34. The van der Waals surface area contributed by atoms with Gasteiger partial charge in [-0.25, -0.2) is 0 Å². The molecule has 4 bridgehead atoms. The van der Waals surface area contributed by atoms with Crippen molar-refractivity contribution in [3.63, 3.8) is 0 Å². The molecule has 0 nitrogen and oxygen atoms in total. The summed E-state index contributed by atoms with van der Waals surface area (Å²) >= 11 is 0. The van der Waals surface area contributed by atoms with Crippen molar-refractivity contribution in [3.05, 3.63) is 82.2 Å². The molecule has 5 aliphatic carbocycles. The SMILES string of the molecule is C1=c2ccccc2=CC2C1C1CC2C2C3CC(c4cc5ccccc5cc43)C12. The highest BCUT2D eigenvalue weighted by molar-refractivity contribution is 5.85. The van der Waals surface area contributed by atoms with Crippen molar-refractivity contribution in [1.29, 1.82) is 0 Å². The number of benzene rings is 3. The van der Waals surface area contributed by atoms with Gasteiger partial charge in [-0.05, 0) is 92.5 Å². The van der Waals surface area contributed by atoms with Crippen LogP contribution in [0.25, 0.3) is 22.9 Å². The molecular formula is C28H24. The maximum Gasteiger partial charge on any atom is -0.0119 e. The van der Waals surface area contributed by atoms with Crippen molar-refractivity contribution in [2.45, 2.75) is 24.7 Å². The molecule has 136 valence electrons. The third-order valence-corrected chi connectivity index (χ3v) is 9.34. The molecule has 0 radical (unpaired) electrons. The van der Waals surface area contributed by atoms with Crippen molar-refractivity contribution in [2.24, 2.45) is 35.5 Å². The molecule has 28 heavy (non-hydrogen) atoms. The zero-order chi connectivity index (χ0) is 18.0. The van der Waals surface area contributed by atoms with Crippen LogP contribution in [0.5, 0.6) is 0 Å². The summed E-state index contributed by atoms with van der Waals surface area (Å²) < 4.78 is 0. The van der Waals surface area contributed by atoms with Gasteiger partial charge in [0.2, 0.25) is 0 Å². The lowest BCUT2D eigenvalue weighted by Crippen LogP contribution is -2.41. The quantitative estimate of drug-likeness (QED) is 0.505. The predicted octanol–water partition coefficient (Wildman–Crippen LogP) is 4.81. The second-order valence-electron chi connectivity index (χ2n) is 10.1. The third-order valence-electron chi connectivity index (χ3n) is 9.34. The van der Waals surface area contributed by atoms with Crippen LogP contribution >= 0.6 is 0 Å². The molecule has 0 heteroatoms. The Balaban J connectivity index is 1.29. The van der Waals surface area contributed by atoms with Crippen LogP contribution in [0.2, 0.25) is 0 Å². The third kappa shape index (κ3) is 1.58. The highest BCUT2D eigenvalue weighted by atomic mass is 14.7. The summed E-state index contributed by atoms with van der Waals surface area (Å²) in [4.78, 5) is 0. The molecule has 3 fully saturated rings. The van der Waals surface area contributed by atoms with Gasteiger partial charge >= 0.3 is 0 Å². The fourth-order valence-corrected chi connectivity index (χ4v) is 8.60. The molecule has 8 atom stereocenters.